The average molecular weight is 485 g/mol. The highest BCUT2D eigenvalue weighted by molar-refractivity contribution is 9.10. The molecule has 160 valence electrons. The zero-order chi connectivity index (χ0) is 21.6. The third kappa shape index (κ3) is 7.55. The Hall–Kier alpha value is -1.73. The van der Waals surface area contributed by atoms with Crippen molar-refractivity contribution in [3.8, 4) is 17.2 Å². The molecule has 0 bridgehead atoms. The predicted molar refractivity (Wildman–Crippen MR) is 120 cm³/mol. The van der Waals surface area contributed by atoms with Crippen LogP contribution in [-0.2, 0) is 22.0 Å². The molecular formula is C22H29BrO5S. The number of halogens is 1. The lowest BCUT2D eigenvalue weighted by Crippen LogP contribution is -2.13. The molecule has 0 saturated carbocycles. The van der Waals surface area contributed by atoms with E-state index in [0.717, 1.165) is 11.3 Å². The molecule has 0 aliphatic rings. The number of methoxy groups -OCH3 is 1. The summed E-state index contributed by atoms with van der Waals surface area (Å²) in [5, 5.41) is 0. The first-order valence-electron chi connectivity index (χ1n) is 9.58. The maximum atomic E-state index is 12.7. The smallest absolute Gasteiger partial charge is 0.161 e. The van der Waals surface area contributed by atoms with Gasteiger partial charge >= 0.3 is 0 Å². The lowest BCUT2D eigenvalue weighted by molar-refractivity contribution is 0.230. The molecule has 2 aromatic rings. The summed E-state index contributed by atoms with van der Waals surface area (Å²) in [5.41, 5.74) is 1.62. The molecule has 0 saturated heterocycles. The van der Waals surface area contributed by atoms with E-state index in [1.807, 2.05) is 52.0 Å². The van der Waals surface area contributed by atoms with E-state index >= 15 is 0 Å². The molecule has 0 unspecified atom stereocenters. The summed E-state index contributed by atoms with van der Waals surface area (Å²) in [6.07, 6.45) is 0.513. The van der Waals surface area contributed by atoms with Crippen LogP contribution in [0.15, 0.2) is 40.9 Å². The second-order valence-corrected chi connectivity index (χ2v) is 10.5. The number of hydrogen-bond acceptors (Lipinski definition) is 5. The van der Waals surface area contributed by atoms with Crippen LogP contribution in [0.3, 0.4) is 0 Å². The Morgan fingerprint density at radius 2 is 1.55 bits per heavy atom. The molecule has 7 heteroatoms. The third-order valence-electron chi connectivity index (χ3n) is 4.07. The van der Waals surface area contributed by atoms with Crippen molar-refractivity contribution in [3.05, 3.63) is 52.0 Å². The average Bonchev–Trinajstić information content (AvgIpc) is 2.62. The van der Waals surface area contributed by atoms with E-state index in [9.17, 15) is 8.42 Å². The van der Waals surface area contributed by atoms with Gasteiger partial charge < -0.3 is 14.2 Å². The second-order valence-electron chi connectivity index (χ2n) is 7.41. The van der Waals surface area contributed by atoms with Crippen LogP contribution in [0.1, 0.15) is 38.8 Å². The zero-order valence-electron chi connectivity index (χ0n) is 17.6. The van der Waals surface area contributed by atoms with Crippen molar-refractivity contribution in [2.24, 2.45) is 0 Å². The van der Waals surface area contributed by atoms with Crippen molar-refractivity contribution in [2.45, 2.75) is 52.1 Å². The number of ether oxygens (including phenoxy) is 3. The van der Waals surface area contributed by atoms with Gasteiger partial charge in [-0.25, -0.2) is 8.42 Å². The van der Waals surface area contributed by atoms with E-state index in [2.05, 4.69) is 15.9 Å². The van der Waals surface area contributed by atoms with Crippen LogP contribution in [0.5, 0.6) is 17.2 Å². The minimum atomic E-state index is -3.31. The highest BCUT2D eigenvalue weighted by Crippen LogP contribution is 2.35. The van der Waals surface area contributed by atoms with E-state index in [1.54, 1.807) is 19.2 Å². The van der Waals surface area contributed by atoms with Gasteiger partial charge in [-0.05, 0) is 69.5 Å². The van der Waals surface area contributed by atoms with Gasteiger partial charge in [-0.2, -0.15) is 0 Å². The van der Waals surface area contributed by atoms with Crippen LogP contribution in [-0.4, -0.2) is 33.5 Å². The molecule has 2 rings (SSSR count). The number of hydrogen-bond donors (Lipinski definition) is 0. The Kier molecular flexibility index (Phi) is 8.40. The van der Waals surface area contributed by atoms with E-state index in [-0.39, 0.29) is 23.7 Å². The van der Waals surface area contributed by atoms with Crippen LogP contribution in [0.4, 0.5) is 0 Å². The normalized spacial score (nSPS) is 11.7. The summed E-state index contributed by atoms with van der Waals surface area (Å²) < 4.78 is 42.8. The molecular weight excluding hydrogens is 456 g/mol. The highest BCUT2D eigenvalue weighted by Gasteiger charge is 2.18. The summed E-state index contributed by atoms with van der Waals surface area (Å²) in [7, 11) is -1.75. The molecule has 0 atom stereocenters. The van der Waals surface area contributed by atoms with Gasteiger partial charge in [0.1, 0.15) is 5.75 Å². The highest BCUT2D eigenvalue weighted by atomic mass is 79.9. The van der Waals surface area contributed by atoms with Crippen LogP contribution in [0.2, 0.25) is 0 Å². The molecule has 0 aromatic heterocycles. The summed E-state index contributed by atoms with van der Waals surface area (Å²) in [4.78, 5) is 0. The van der Waals surface area contributed by atoms with E-state index < -0.39 is 9.84 Å². The molecule has 0 aliphatic carbocycles. The zero-order valence-corrected chi connectivity index (χ0v) is 20.0. The van der Waals surface area contributed by atoms with Crippen LogP contribution >= 0.6 is 15.9 Å². The van der Waals surface area contributed by atoms with Gasteiger partial charge in [0.25, 0.3) is 0 Å². The molecule has 0 radical (unpaired) electrons. The van der Waals surface area contributed by atoms with Crippen LogP contribution < -0.4 is 14.2 Å². The minimum Gasteiger partial charge on any atom is -0.493 e. The second kappa shape index (κ2) is 10.3. The lowest BCUT2D eigenvalue weighted by Gasteiger charge is -2.16. The Morgan fingerprint density at radius 1 is 0.931 bits per heavy atom. The van der Waals surface area contributed by atoms with E-state index in [0.29, 0.717) is 28.0 Å². The summed E-state index contributed by atoms with van der Waals surface area (Å²) in [5.74, 6) is 1.88. The molecule has 5 nitrogen and oxygen atoms in total. The minimum absolute atomic E-state index is 0.0443. The van der Waals surface area contributed by atoms with E-state index in [4.69, 9.17) is 14.2 Å². The standard InChI is InChI=1S/C22H29BrO5S/c1-15(2)27-19-8-6-17(7-9-19)10-11-29(24,25)14-18-12-22(28-16(3)4)21(26-5)13-20(18)23/h6-9,12-13,15-16H,10-11,14H2,1-5H3. The van der Waals surface area contributed by atoms with Gasteiger partial charge in [-0.3, -0.25) is 0 Å². The molecule has 2 aromatic carbocycles. The van der Waals surface area contributed by atoms with Gasteiger partial charge in [0.05, 0.1) is 30.8 Å². The van der Waals surface area contributed by atoms with Crippen molar-refractivity contribution >= 4 is 25.8 Å². The van der Waals surface area contributed by atoms with Gasteiger partial charge in [0.2, 0.25) is 0 Å². The summed E-state index contributed by atoms with van der Waals surface area (Å²) in [6.45, 7) is 7.76. The van der Waals surface area contributed by atoms with Crippen LogP contribution in [0.25, 0.3) is 0 Å². The maximum absolute atomic E-state index is 12.7. The topological polar surface area (TPSA) is 61.8 Å². The Morgan fingerprint density at radius 3 is 2.10 bits per heavy atom. The molecule has 0 N–H and O–H groups in total. The SMILES string of the molecule is COc1cc(Br)c(CS(=O)(=O)CCc2ccc(OC(C)C)cc2)cc1OC(C)C. The molecule has 0 aliphatic heterocycles. The third-order valence-corrected chi connectivity index (χ3v) is 6.38. The molecule has 0 amide bonds. The predicted octanol–water partition coefficient (Wildman–Crippen LogP) is 5.19. The van der Waals surface area contributed by atoms with Gasteiger partial charge in [0, 0.05) is 4.47 Å². The summed E-state index contributed by atoms with van der Waals surface area (Å²) in [6, 6.07) is 11.0. The van der Waals surface area contributed by atoms with Gasteiger partial charge in [0.15, 0.2) is 21.3 Å². The van der Waals surface area contributed by atoms with Gasteiger partial charge in [-0.15, -0.1) is 0 Å². The van der Waals surface area contributed by atoms with Crippen molar-refractivity contribution in [1.29, 1.82) is 0 Å². The number of aryl methyl sites for hydroxylation is 1. The lowest BCUT2D eigenvalue weighted by atomic mass is 10.2. The molecule has 29 heavy (non-hydrogen) atoms. The fraction of sp³-hybridized carbons (Fsp3) is 0.455. The Bertz CT molecular complexity index is 906. The first-order valence-corrected chi connectivity index (χ1v) is 12.2. The van der Waals surface area contributed by atoms with Crippen molar-refractivity contribution < 1.29 is 22.6 Å². The molecule has 0 heterocycles. The first-order chi connectivity index (χ1) is 13.6. The van der Waals surface area contributed by atoms with Crippen molar-refractivity contribution in [1.82, 2.24) is 0 Å². The summed E-state index contributed by atoms with van der Waals surface area (Å²) >= 11 is 3.45. The van der Waals surface area contributed by atoms with Gasteiger partial charge in [-0.1, -0.05) is 28.1 Å². The quantitative estimate of drug-likeness (QED) is 0.464. The largest absolute Gasteiger partial charge is 0.493 e. The Balaban J connectivity index is 2.08. The Labute approximate surface area is 182 Å². The maximum Gasteiger partial charge on any atom is 0.161 e. The fourth-order valence-corrected chi connectivity index (χ4v) is 4.83. The fourth-order valence-electron chi connectivity index (χ4n) is 2.78. The monoisotopic (exact) mass is 484 g/mol. The molecule has 0 fully saturated rings. The molecule has 0 spiro atoms. The van der Waals surface area contributed by atoms with Crippen LogP contribution in [0, 0.1) is 0 Å². The number of sulfone groups is 1. The van der Waals surface area contributed by atoms with Crippen molar-refractivity contribution in [3.63, 3.8) is 0 Å². The van der Waals surface area contributed by atoms with E-state index in [1.165, 1.54) is 0 Å². The number of rotatable bonds is 10. The number of benzene rings is 2. The van der Waals surface area contributed by atoms with Crippen molar-refractivity contribution in [2.75, 3.05) is 12.9 Å². The first kappa shape index (κ1) is 23.5.